The maximum Gasteiger partial charge on any atom is 0.103 e. The van der Waals surface area contributed by atoms with Crippen LogP contribution in [0.5, 0.6) is 0 Å². The van der Waals surface area contributed by atoms with Crippen molar-refractivity contribution >= 4 is 22.9 Å². The molecule has 2 nitrogen and oxygen atoms in total. The first-order valence-corrected chi connectivity index (χ1v) is 5.24. The number of hydrogen-bond acceptors (Lipinski definition) is 2. The molecule has 0 heterocycles. The lowest BCUT2D eigenvalue weighted by Gasteiger charge is -2.05. The van der Waals surface area contributed by atoms with Crippen LogP contribution in [0.25, 0.3) is 0 Å². The van der Waals surface area contributed by atoms with Gasteiger partial charge < -0.3 is 11.1 Å². The van der Waals surface area contributed by atoms with E-state index in [0.717, 1.165) is 17.2 Å². The SMILES string of the molecule is CC1CC1Nc1ccc(C(N)=S)cc1. The zero-order valence-electron chi connectivity index (χ0n) is 8.16. The van der Waals surface area contributed by atoms with Crippen molar-refractivity contribution in [3.05, 3.63) is 29.8 Å². The fraction of sp³-hybridized carbons (Fsp3) is 0.364. The fourth-order valence-corrected chi connectivity index (χ4v) is 1.60. The van der Waals surface area contributed by atoms with E-state index in [-0.39, 0.29) is 0 Å². The first kappa shape index (κ1) is 9.46. The molecule has 1 aromatic rings. The number of nitrogens with one attached hydrogen (secondary N) is 1. The van der Waals surface area contributed by atoms with E-state index in [2.05, 4.69) is 12.2 Å². The monoisotopic (exact) mass is 206 g/mol. The normalized spacial score (nSPS) is 24.4. The third-order valence-electron chi connectivity index (χ3n) is 2.63. The molecule has 0 bridgehead atoms. The van der Waals surface area contributed by atoms with Crippen LogP contribution in [0.4, 0.5) is 5.69 Å². The van der Waals surface area contributed by atoms with Crippen molar-refractivity contribution in [2.45, 2.75) is 19.4 Å². The second-order valence-electron chi connectivity index (χ2n) is 3.91. The minimum Gasteiger partial charge on any atom is -0.389 e. The van der Waals surface area contributed by atoms with E-state index >= 15 is 0 Å². The highest BCUT2D eigenvalue weighted by atomic mass is 32.1. The van der Waals surface area contributed by atoms with Gasteiger partial charge in [-0.25, -0.2) is 0 Å². The van der Waals surface area contributed by atoms with Crippen LogP contribution in [0.1, 0.15) is 18.9 Å². The summed E-state index contributed by atoms with van der Waals surface area (Å²) >= 11 is 4.88. The summed E-state index contributed by atoms with van der Waals surface area (Å²) in [5.41, 5.74) is 7.59. The summed E-state index contributed by atoms with van der Waals surface area (Å²) in [6.07, 6.45) is 1.27. The molecule has 1 aliphatic carbocycles. The van der Waals surface area contributed by atoms with E-state index in [9.17, 15) is 0 Å². The lowest BCUT2D eigenvalue weighted by molar-refractivity contribution is 0.929. The number of hydrogen-bond donors (Lipinski definition) is 2. The molecule has 0 aliphatic heterocycles. The molecule has 2 unspecified atom stereocenters. The standard InChI is InChI=1S/C11H14N2S/c1-7-6-10(7)13-9-4-2-8(3-5-9)11(12)14/h2-5,7,10,13H,6H2,1H3,(H2,12,14). The average molecular weight is 206 g/mol. The van der Waals surface area contributed by atoms with Gasteiger partial charge in [-0.1, -0.05) is 19.1 Å². The Hall–Kier alpha value is -1.09. The van der Waals surface area contributed by atoms with Crippen molar-refractivity contribution in [1.82, 2.24) is 0 Å². The molecule has 1 aliphatic rings. The van der Waals surface area contributed by atoms with E-state index in [1.807, 2.05) is 24.3 Å². The minimum absolute atomic E-state index is 0.455. The zero-order chi connectivity index (χ0) is 10.1. The van der Waals surface area contributed by atoms with Crippen LogP contribution in [-0.4, -0.2) is 11.0 Å². The van der Waals surface area contributed by atoms with E-state index < -0.39 is 0 Å². The van der Waals surface area contributed by atoms with Crippen LogP contribution < -0.4 is 11.1 Å². The summed E-state index contributed by atoms with van der Waals surface area (Å²) in [5, 5.41) is 3.45. The summed E-state index contributed by atoms with van der Waals surface area (Å²) in [4.78, 5) is 0.455. The Bertz CT molecular complexity index is 345. The van der Waals surface area contributed by atoms with Gasteiger partial charge in [-0.3, -0.25) is 0 Å². The van der Waals surface area contributed by atoms with Gasteiger partial charge in [-0.15, -0.1) is 0 Å². The molecule has 1 fully saturated rings. The summed E-state index contributed by atoms with van der Waals surface area (Å²) in [5.74, 6) is 0.810. The molecule has 0 saturated heterocycles. The fourth-order valence-electron chi connectivity index (χ4n) is 1.47. The second-order valence-corrected chi connectivity index (χ2v) is 4.35. The first-order chi connectivity index (χ1) is 6.66. The van der Waals surface area contributed by atoms with E-state index in [1.165, 1.54) is 6.42 Å². The van der Waals surface area contributed by atoms with Gasteiger partial charge >= 0.3 is 0 Å². The van der Waals surface area contributed by atoms with Crippen LogP contribution >= 0.6 is 12.2 Å². The van der Waals surface area contributed by atoms with Gasteiger partial charge in [0.05, 0.1) is 0 Å². The first-order valence-electron chi connectivity index (χ1n) is 4.83. The Morgan fingerprint density at radius 3 is 2.43 bits per heavy atom. The van der Waals surface area contributed by atoms with Crippen molar-refractivity contribution in [3.8, 4) is 0 Å². The predicted octanol–water partition coefficient (Wildman–Crippen LogP) is 2.14. The number of nitrogens with two attached hydrogens (primary N) is 1. The third-order valence-corrected chi connectivity index (χ3v) is 2.87. The smallest absolute Gasteiger partial charge is 0.103 e. The molecule has 74 valence electrons. The van der Waals surface area contributed by atoms with Crippen molar-refractivity contribution in [2.75, 3.05) is 5.32 Å². The average Bonchev–Trinajstić information content (AvgIpc) is 2.82. The van der Waals surface area contributed by atoms with Crippen LogP contribution in [0.2, 0.25) is 0 Å². The molecule has 14 heavy (non-hydrogen) atoms. The Labute approximate surface area is 89.5 Å². The molecule has 2 atom stereocenters. The van der Waals surface area contributed by atoms with Crippen molar-refractivity contribution < 1.29 is 0 Å². The second kappa shape index (κ2) is 3.58. The summed E-state index contributed by atoms with van der Waals surface area (Å²) < 4.78 is 0. The maximum absolute atomic E-state index is 5.51. The third kappa shape index (κ3) is 2.04. The van der Waals surface area contributed by atoms with Gasteiger partial charge in [-0.2, -0.15) is 0 Å². The van der Waals surface area contributed by atoms with Gasteiger partial charge in [0.1, 0.15) is 4.99 Å². The number of benzene rings is 1. The molecule has 0 spiro atoms. The van der Waals surface area contributed by atoms with Crippen LogP contribution in [-0.2, 0) is 0 Å². The maximum atomic E-state index is 5.51. The number of rotatable bonds is 3. The highest BCUT2D eigenvalue weighted by Crippen LogP contribution is 2.32. The van der Waals surface area contributed by atoms with Crippen LogP contribution in [0.15, 0.2) is 24.3 Å². The Kier molecular flexibility index (Phi) is 2.42. The minimum atomic E-state index is 0.455. The van der Waals surface area contributed by atoms with Crippen molar-refractivity contribution in [1.29, 1.82) is 0 Å². The summed E-state index contributed by atoms with van der Waals surface area (Å²) in [6, 6.07) is 8.62. The van der Waals surface area contributed by atoms with Crippen LogP contribution in [0, 0.1) is 5.92 Å². The topological polar surface area (TPSA) is 38.0 Å². The molecule has 0 radical (unpaired) electrons. The highest BCUT2D eigenvalue weighted by Gasteiger charge is 2.32. The Morgan fingerprint density at radius 2 is 2.00 bits per heavy atom. The molecular weight excluding hydrogens is 192 g/mol. The van der Waals surface area contributed by atoms with Crippen molar-refractivity contribution in [2.24, 2.45) is 11.7 Å². The largest absolute Gasteiger partial charge is 0.389 e. The molecule has 2 rings (SSSR count). The Balaban J connectivity index is 2.02. The molecule has 3 heteroatoms. The highest BCUT2D eigenvalue weighted by molar-refractivity contribution is 7.80. The Morgan fingerprint density at radius 1 is 1.43 bits per heavy atom. The van der Waals surface area contributed by atoms with E-state index in [0.29, 0.717) is 11.0 Å². The van der Waals surface area contributed by atoms with E-state index in [1.54, 1.807) is 0 Å². The molecule has 0 amide bonds. The van der Waals surface area contributed by atoms with Gasteiger partial charge in [0.2, 0.25) is 0 Å². The van der Waals surface area contributed by atoms with Gasteiger partial charge in [-0.05, 0) is 36.6 Å². The molecule has 1 aromatic carbocycles. The summed E-state index contributed by atoms with van der Waals surface area (Å²) in [7, 11) is 0. The predicted molar refractivity (Wildman–Crippen MR) is 63.5 cm³/mol. The van der Waals surface area contributed by atoms with Crippen LogP contribution in [0.3, 0.4) is 0 Å². The van der Waals surface area contributed by atoms with Gasteiger partial charge in [0, 0.05) is 17.3 Å². The molecule has 1 saturated carbocycles. The zero-order valence-corrected chi connectivity index (χ0v) is 8.97. The molecule has 0 aromatic heterocycles. The van der Waals surface area contributed by atoms with Gasteiger partial charge in [0.15, 0.2) is 0 Å². The van der Waals surface area contributed by atoms with Crippen molar-refractivity contribution in [3.63, 3.8) is 0 Å². The lowest BCUT2D eigenvalue weighted by Crippen LogP contribution is -2.09. The molecular formula is C11H14N2S. The van der Waals surface area contributed by atoms with E-state index in [4.69, 9.17) is 18.0 Å². The van der Waals surface area contributed by atoms with Gasteiger partial charge in [0.25, 0.3) is 0 Å². The molecule has 3 N–H and O–H groups in total. The number of anilines is 1. The quantitative estimate of drug-likeness (QED) is 0.744. The summed E-state index contributed by atoms with van der Waals surface area (Å²) in [6.45, 7) is 2.25. The number of thiocarbonyl (C=S) groups is 1. The lowest BCUT2D eigenvalue weighted by atomic mass is 10.2.